The second-order valence-corrected chi connectivity index (χ2v) is 8.28. The highest BCUT2D eigenvalue weighted by Crippen LogP contribution is 2.15. The van der Waals surface area contributed by atoms with E-state index in [1.807, 2.05) is 38.1 Å². The molecular weight excluding hydrogens is 342 g/mol. The van der Waals surface area contributed by atoms with Crippen LogP contribution in [-0.4, -0.2) is 68.7 Å². The fourth-order valence-electron chi connectivity index (χ4n) is 2.69. The Bertz CT molecular complexity index is 685. The maximum absolute atomic E-state index is 12.3. The zero-order valence-electron chi connectivity index (χ0n) is 15.1. The van der Waals surface area contributed by atoms with Crippen molar-refractivity contribution in [3.05, 3.63) is 29.8 Å². The van der Waals surface area contributed by atoms with E-state index in [1.165, 1.54) is 10.6 Å². The first-order valence-corrected chi connectivity index (χ1v) is 10.4. The van der Waals surface area contributed by atoms with Crippen molar-refractivity contribution in [2.75, 3.05) is 39.0 Å². The number of hydrogen-bond acceptors (Lipinski definition) is 4. The van der Waals surface area contributed by atoms with Crippen LogP contribution in [0.3, 0.4) is 0 Å². The van der Waals surface area contributed by atoms with Crippen molar-refractivity contribution >= 4 is 16.1 Å². The summed E-state index contributed by atoms with van der Waals surface area (Å²) in [7, 11) is -3.19. The van der Waals surface area contributed by atoms with Gasteiger partial charge in [0.15, 0.2) is 0 Å². The maximum atomic E-state index is 12.3. The summed E-state index contributed by atoms with van der Waals surface area (Å²) in [5.74, 6) is 0.794. The van der Waals surface area contributed by atoms with Crippen LogP contribution in [-0.2, 0) is 10.0 Å². The molecule has 140 valence electrons. The average molecular weight is 369 g/mol. The second-order valence-electron chi connectivity index (χ2n) is 6.30. The minimum absolute atomic E-state index is 0.108. The maximum Gasteiger partial charge on any atom is 0.317 e. The van der Waals surface area contributed by atoms with Crippen molar-refractivity contribution in [3.63, 3.8) is 0 Å². The van der Waals surface area contributed by atoms with Crippen molar-refractivity contribution in [1.29, 1.82) is 0 Å². The normalized spacial score (nSPS) is 17.2. The third kappa shape index (κ3) is 5.89. The first kappa shape index (κ1) is 19.5. The van der Waals surface area contributed by atoms with E-state index in [0.717, 1.165) is 17.7 Å². The third-order valence-corrected chi connectivity index (χ3v) is 5.53. The summed E-state index contributed by atoms with van der Waals surface area (Å²) in [4.78, 5) is 13.9. The lowest BCUT2D eigenvalue weighted by Gasteiger charge is -2.33. The molecule has 2 rings (SSSR count). The number of carbonyl (C=O) groups excluding carboxylic acids is 1. The molecule has 1 aliphatic rings. The molecule has 0 spiro atoms. The Morgan fingerprint density at radius 1 is 1.28 bits per heavy atom. The van der Waals surface area contributed by atoms with Gasteiger partial charge in [-0.2, -0.15) is 4.31 Å². The molecule has 0 bridgehead atoms. The summed E-state index contributed by atoms with van der Waals surface area (Å²) in [5.41, 5.74) is 1.13. The van der Waals surface area contributed by atoms with Crippen LogP contribution >= 0.6 is 0 Å². The Morgan fingerprint density at radius 2 is 1.96 bits per heavy atom. The minimum Gasteiger partial charge on any atom is -0.489 e. The minimum atomic E-state index is -3.19. The fraction of sp³-hybridized carbons (Fsp3) is 0.588. The number of rotatable bonds is 6. The van der Waals surface area contributed by atoms with Gasteiger partial charge in [-0.3, -0.25) is 0 Å². The molecule has 8 heteroatoms. The number of benzene rings is 1. The van der Waals surface area contributed by atoms with E-state index < -0.39 is 10.0 Å². The number of urea groups is 1. The van der Waals surface area contributed by atoms with Gasteiger partial charge in [-0.25, -0.2) is 13.2 Å². The second kappa shape index (κ2) is 8.53. The Kier molecular flexibility index (Phi) is 6.66. The predicted molar refractivity (Wildman–Crippen MR) is 97.3 cm³/mol. The molecule has 1 aromatic carbocycles. The zero-order chi connectivity index (χ0) is 18.4. The van der Waals surface area contributed by atoms with Crippen LogP contribution in [0.4, 0.5) is 4.79 Å². The molecule has 0 saturated carbocycles. The molecular formula is C17H27N3O4S. The van der Waals surface area contributed by atoms with Crippen molar-refractivity contribution in [2.45, 2.75) is 26.4 Å². The number of carbonyl (C=O) groups is 1. The van der Waals surface area contributed by atoms with Gasteiger partial charge in [0, 0.05) is 26.2 Å². The topological polar surface area (TPSA) is 79.0 Å². The van der Waals surface area contributed by atoms with Gasteiger partial charge >= 0.3 is 6.03 Å². The highest BCUT2D eigenvalue weighted by molar-refractivity contribution is 7.88. The molecule has 7 nitrogen and oxygen atoms in total. The van der Waals surface area contributed by atoms with E-state index in [9.17, 15) is 13.2 Å². The van der Waals surface area contributed by atoms with Gasteiger partial charge in [-0.1, -0.05) is 19.1 Å². The van der Waals surface area contributed by atoms with Gasteiger partial charge in [0.1, 0.15) is 11.9 Å². The van der Waals surface area contributed by atoms with Crippen LogP contribution in [0.15, 0.2) is 24.3 Å². The molecule has 0 aliphatic carbocycles. The lowest BCUT2D eigenvalue weighted by atomic mass is 10.2. The predicted octanol–water partition coefficient (Wildman–Crippen LogP) is 1.44. The van der Waals surface area contributed by atoms with Gasteiger partial charge < -0.3 is 15.0 Å². The molecule has 1 saturated heterocycles. The van der Waals surface area contributed by atoms with E-state index in [1.54, 1.807) is 4.90 Å². The Morgan fingerprint density at radius 3 is 2.52 bits per heavy atom. The number of ether oxygens (including phenoxy) is 1. The largest absolute Gasteiger partial charge is 0.489 e. The fourth-order valence-corrected chi connectivity index (χ4v) is 3.51. The molecule has 1 N–H and O–H groups in total. The summed E-state index contributed by atoms with van der Waals surface area (Å²) in [6, 6.07) is 7.64. The lowest BCUT2D eigenvalue weighted by molar-refractivity contribution is 0.158. The zero-order valence-corrected chi connectivity index (χ0v) is 15.9. The van der Waals surface area contributed by atoms with E-state index in [0.29, 0.717) is 32.7 Å². The van der Waals surface area contributed by atoms with Crippen molar-refractivity contribution < 1.29 is 17.9 Å². The van der Waals surface area contributed by atoms with E-state index >= 15 is 0 Å². The monoisotopic (exact) mass is 369 g/mol. The number of nitrogens with zero attached hydrogens (tertiary/aromatic N) is 2. The number of amides is 2. The number of hydrogen-bond donors (Lipinski definition) is 1. The SMILES string of the molecule is CCC(CNC(=O)N1CCN(S(C)(=O)=O)CC1)Oc1cccc(C)c1. The van der Waals surface area contributed by atoms with E-state index in [4.69, 9.17) is 4.74 Å². The smallest absolute Gasteiger partial charge is 0.317 e. The number of nitrogens with one attached hydrogen (secondary N) is 1. The molecule has 1 fully saturated rings. The van der Waals surface area contributed by atoms with Gasteiger partial charge in [-0.05, 0) is 31.0 Å². The molecule has 1 unspecified atom stereocenters. The van der Waals surface area contributed by atoms with Crippen molar-refractivity contribution in [1.82, 2.24) is 14.5 Å². The Hall–Kier alpha value is -1.80. The number of piperazine rings is 1. The number of sulfonamides is 1. The van der Waals surface area contributed by atoms with Gasteiger partial charge in [0.2, 0.25) is 10.0 Å². The van der Waals surface area contributed by atoms with Crippen LogP contribution in [0, 0.1) is 6.92 Å². The summed E-state index contributed by atoms with van der Waals surface area (Å²) >= 11 is 0. The highest BCUT2D eigenvalue weighted by atomic mass is 32.2. The third-order valence-electron chi connectivity index (χ3n) is 4.22. The molecule has 0 aromatic heterocycles. The molecule has 2 amide bonds. The summed E-state index contributed by atoms with van der Waals surface area (Å²) < 4.78 is 30.3. The Balaban J connectivity index is 1.80. The number of aryl methyl sites for hydroxylation is 1. The van der Waals surface area contributed by atoms with Crippen molar-refractivity contribution in [2.24, 2.45) is 0 Å². The van der Waals surface area contributed by atoms with Crippen LogP contribution in [0.1, 0.15) is 18.9 Å². The molecule has 1 heterocycles. The molecule has 1 aliphatic heterocycles. The van der Waals surface area contributed by atoms with Crippen LogP contribution in [0.2, 0.25) is 0 Å². The van der Waals surface area contributed by atoms with Gasteiger partial charge in [0.05, 0.1) is 12.8 Å². The van der Waals surface area contributed by atoms with E-state index in [2.05, 4.69) is 5.32 Å². The summed E-state index contributed by atoms with van der Waals surface area (Å²) in [5, 5.41) is 2.89. The lowest BCUT2D eigenvalue weighted by Crippen LogP contribution is -2.53. The van der Waals surface area contributed by atoms with Crippen LogP contribution in [0.5, 0.6) is 5.75 Å². The summed E-state index contributed by atoms with van der Waals surface area (Å²) in [6.07, 6.45) is 1.86. The molecule has 1 atom stereocenters. The first-order valence-electron chi connectivity index (χ1n) is 8.51. The van der Waals surface area contributed by atoms with Crippen LogP contribution < -0.4 is 10.1 Å². The molecule has 1 aromatic rings. The van der Waals surface area contributed by atoms with E-state index in [-0.39, 0.29) is 12.1 Å². The standard InChI is InChI=1S/C17H27N3O4S/c1-4-15(24-16-7-5-6-14(2)12-16)13-18-17(21)19-8-10-20(11-9-19)25(3,22)23/h5-7,12,15H,4,8-11,13H2,1-3H3,(H,18,21). The Labute approximate surface area is 150 Å². The average Bonchev–Trinajstić information content (AvgIpc) is 2.57. The van der Waals surface area contributed by atoms with Crippen LogP contribution in [0.25, 0.3) is 0 Å². The first-order chi connectivity index (χ1) is 11.8. The van der Waals surface area contributed by atoms with Gasteiger partial charge in [-0.15, -0.1) is 0 Å². The summed E-state index contributed by atoms with van der Waals surface area (Å²) in [6.45, 7) is 5.90. The van der Waals surface area contributed by atoms with Gasteiger partial charge in [0.25, 0.3) is 0 Å². The van der Waals surface area contributed by atoms with Crippen molar-refractivity contribution in [3.8, 4) is 5.75 Å². The quantitative estimate of drug-likeness (QED) is 0.823. The molecule has 0 radical (unpaired) electrons. The molecule has 25 heavy (non-hydrogen) atoms. The highest BCUT2D eigenvalue weighted by Gasteiger charge is 2.26.